The van der Waals surface area contributed by atoms with E-state index in [1.165, 1.54) is 167 Å². The SMILES string of the molecule is CCCCCCCCCCCCC/C=C/[C@@H](O)[C@H](CO[C@@H]1OC(CO)[C@@H](O[C@@H]2OC(CO)[C@H](O)[C@H](O[C@@H]3OC(CO)[C@@H](O)[C@H](O[C@@H]4OC(CO)[C@H](O)[C@H](O[C@H]5OC(CO)[C@H](O)[C@H](O)C5O)C4O[C@H]4OC(C)[C@@H](O)C(O)[C@@H]4O)C3NC(C)=O)C2O)[C@H](O)C1O)NC(=O)CCCCCCCCCCCCCCCCCCCCCCCCC. The number of nitrogens with one attached hydrogen (secondary N) is 2. The molecule has 6 saturated heterocycles. The zero-order valence-electron chi connectivity index (χ0n) is 69.1. The van der Waals surface area contributed by atoms with E-state index in [-0.39, 0.29) is 12.3 Å². The highest BCUT2D eigenvalue weighted by Gasteiger charge is 2.59. The number of amides is 2. The summed E-state index contributed by atoms with van der Waals surface area (Å²) in [5, 5.41) is 206. The standard InChI is InChI=1S/C82H150N2O32/c1-5-7-9-11-13-15-17-19-20-21-22-23-24-25-26-27-28-30-32-34-36-38-40-42-58(92)84-51(52(91)41-39-37-35-33-31-29-18-16-14-12-10-8-6-2)48-105-78-70(103)67(100)72(57(47-89)111-78)112-81-71(104)74(63(96)55(45-87)109-81)114-77-59(83-50(4)90)73(62(95)54(44-86)107-77)113-82-76(116-79-68(101)65(98)60(93)49(3)106-79)75(64(97)56(46-88)110-82)115-80-69(102)66(99)61(94)53(43-85)108-80/h39,41,49,51-57,59-82,85-89,91,93-104H,5-38,40,42-48H2,1-4H3,(H,83,90)(H,84,92)/b41-39+/t49?,51-,52+,53?,54?,55?,56?,57?,59?,60+,61-,62+,63-,64-,65?,66-,67+,68-,69?,70?,71?,72+,73+,74-,75-,76?,77-,78+,79+,80+,81-,82-/m0/s1. The molecule has 0 bridgehead atoms. The van der Waals surface area contributed by atoms with Gasteiger partial charge in [-0.05, 0) is 26.2 Å². The highest BCUT2D eigenvalue weighted by Crippen LogP contribution is 2.39. The summed E-state index contributed by atoms with van der Waals surface area (Å²) in [6, 6.07) is -2.97. The number of allylic oxidation sites excluding steroid dienone is 1. The fourth-order valence-corrected chi connectivity index (χ4v) is 16.0. The summed E-state index contributed by atoms with van der Waals surface area (Å²) < 4.78 is 71.9. The third-order valence-electron chi connectivity index (χ3n) is 23.3. The lowest BCUT2D eigenvalue weighted by atomic mass is 9.94. The maximum Gasteiger partial charge on any atom is 0.220 e. The smallest absolute Gasteiger partial charge is 0.220 e. The van der Waals surface area contributed by atoms with Gasteiger partial charge in [-0.3, -0.25) is 9.59 Å². The second-order valence-electron chi connectivity index (χ2n) is 32.7. The van der Waals surface area contributed by atoms with Gasteiger partial charge < -0.3 is 159 Å². The van der Waals surface area contributed by atoms with Crippen molar-refractivity contribution >= 4 is 11.8 Å². The normalized spacial score (nSPS) is 36.4. The van der Waals surface area contributed by atoms with E-state index in [1.807, 2.05) is 6.08 Å². The Morgan fingerprint density at radius 1 is 0.353 bits per heavy atom. The van der Waals surface area contributed by atoms with Crippen LogP contribution in [0.4, 0.5) is 0 Å². The third kappa shape index (κ3) is 32.5. The van der Waals surface area contributed by atoms with Gasteiger partial charge in [0.25, 0.3) is 0 Å². The summed E-state index contributed by atoms with van der Waals surface area (Å²) in [6.45, 7) is 1.24. The first-order valence-corrected chi connectivity index (χ1v) is 43.8. The predicted octanol–water partition coefficient (Wildman–Crippen LogP) is 1.58. The molecule has 0 saturated carbocycles. The van der Waals surface area contributed by atoms with Gasteiger partial charge in [-0.2, -0.15) is 0 Å². The number of ether oxygens (including phenoxy) is 12. The number of carbonyl (C=O) groups is 2. The Morgan fingerprint density at radius 3 is 1.18 bits per heavy atom. The highest BCUT2D eigenvalue weighted by molar-refractivity contribution is 5.76. The van der Waals surface area contributed by atoms with Crippen LogP contribution in [0, 0.1) is 0 Å². The van der Waals surface area contributed by atoms with Gasteiger partial charge in [0, 0.05) is 13.3 Å². The Hall–Kier alpha value is -2.52. The predicted molar refractivity (Wildman–Crippen MR) is 418 cm³/mol. The molecule has 2 amide bonds. The first-order chi connectivity index (χ1) is 55.9. The highest BCUT2D eigenvalue weighted by atomic mass is 16.8. The van der Waals surface area contributed by atoms with E-state index in [0.29, 0.717) is 12.8 Å². The molecule has 0 radical (unpaired) electrons. The van der Waals surface area contributed by atoms with Crippen molar-refractivity contribution in [3.63, 3.8) is 0 Å². The van der Waals surface area contributed by atoms with Crippen molar-refractivity contribution in [2.45, 2.75) is 455 Å². The molecule has 34 heteroatoms. The van der Waals surface area contributed by atoms with Gasteiger partial charge in [-0.25, -0.2) is 0 Å². The lowest BCUT2D eigenvalue weighted by Gasteiger charge is -2.51. The van der Waals surface area contributed by atoms with Crippen molar-refractivity contribution in [2.75, 3.05) is 39.6 Å². The monoisotopic (exact) mass is 1680 g/mol. The van der Waals surface area contributed by atoms with Gasteiger partial charge in [-0.15, -0.1) is 0 Å². The molecule has 6 fully saturated rings. The van der Waals surface area contributed by atoms with Crippen LogP contribution in [-0.2, 0) is 66.4 Å². The molecule has 12 unspecified atom stereocenters. The maximum atomic E-state index is 13.6. The topological polar surface area (TPSA) is 533 Å². The first-order valence-electron chi connectivity index (χ1n) is 43.8. The number of rotatable bonds is 58. The van der Waals surface area contributed by atoms with Gasteiger partial charge in [0.1, 0.15) is 140 Å². The lowest BCUT2D eigenvalue weighted by Crippen LogP contribution is -2.71. The van der Waals surface area contributed by atoms with E-state index >= 15 is 0 Å². The molecule has 0 aromatic heterocycles. The van der Waals surface area contributed by atoms with Crippen molar-refractivity contribution in [3.05, 3.63) is 12.2 Å². The van der Waals surface area contributed by atoms with Crippen molar-refractivity contribution in [1.82, 2.24) is 10.6 Å². The molecule has 116 heavy (non-hydrogen) atoms. The number of hydrogen-bond donors (Lipinski definition) is 20. The number of aliphatic hydroxyl groups excluding tert-OH is 18. The van der Waals surface area contributed by atoms with E-state index < -0.39 is 242 Å². The number of unbranched alkanes of at least 4 members (excludes halogenated alkanes) is 33. The Morgan fingerprint density at radius 2 is 0.707 bits per heavy atom. The first kappa shape index (κ1) is 102. The maximum absolute atomic E-state index is 13.6. The largest absolute Gasteiger partial charge is 0.394 e. The average Bonchev–Trinajstić information content (AvgIpc) is 0.761. The Balaban J connectivity index is 1.09. The van der Waals surface area contributed by atoms with Crippen LogP contribution in [-0.4, -0.2) is 340 Å². The summed E-state index contributed by atoms with van der Waals surface area (Å²) >= 11 is 0. The molecule has 0 aliphatic carbocycles. The molecule has 6 heterocycles. The van der Waals surface area contributed by atoms with Gasteiger partial charge in [0.05, 0.1) is 57.9 Å². The zero-order valence-corrected chi connectivity index (χ0v) is 69.1. The Bertz CT molecular complexity index is 2600. The molecule has 6 aliphatic rings. The zero-order chi connectivity index (χ0) is 84.6. The number of carbonyl (C=O) groups excluding carboxylic acids is 2. The van der Waals surface area contributed by atoms with Gasteiger partial charge in [0.2, 0.25) is 11.8 Å². The quantitative estimate of drug-likeness (QED) is 0.0304. The van der Waals surface area contributed by atoms with E-state index in [9.17, 15) is 102 Å². The summed E-state index contributed by atoms with van der Waals surface area (Å²) in [4.78, 5) is 26.9. The van der Waals surface area contributed by atoms with Gasteiger partial charge >= 0.3 is 0 Å². The third-order valence-corrected chi connectivity index (χ3v) is 23.3. The molecule has 0 spiro atoms. The van der Waals surface area contributed by atoms with Crippen LogP contribution in [0.15, 0.2) is 12.2 Å². The van der Waals surface area contributed by atoms with Crippen LogP contribution < -0.4 is 10.6 Å². The van der Waals surface area contributed by atoms with Crippen molar-refractivity contribution in [1.29, 1.82) is 0 Å². The molecule has 0 aromatic rings. The lowest BCUT2D eigenvalue weighted by molar-refractivity contribution is -0.404. The van der Waals surface area contributed by atoms with E-state index in [0.717, 1.165) is 58.3 Å². The molecule has 0 aromatic carbocycles. The summed E-state index contributed by atoms with van der Waals surface area (Å²) in [5.74, 6) is -1.25. The fraction of sp³-hybridized carbons (Fsp3) is 0.951. The van der Waals surface area contributed by atoms with E-state index in [1.54, 1.807) is 6.08 Å². The number of aliphatic hydroxyl groups is 18. The van der Waals surface area contributed by atoms with Gasteiger partial charge in [0.15, 0.2) is 37.7 Å². The molecular weight excluding hydrogens is 1520 g/mol. The minimum atomic E-state index is -2.24. The summed E-state index contributed by atoms with van der Waals surface area (Å²) in [5.41, 5.74) is 0. The minimum absolute atomic E-state index is 0.172. The fourth-order valence-electron chi connectivity index (χ4n) is 16.0. The second-order valence-corrected chi connectivity index (χ2v) is 32.7. The molecular formula is C82H150N2O32. The molecule has 32 atom stereocenters. The minimum Gasteiger partial charge on any atom is -0.394 e. The van der Waals surface area contributed by atoms with Crippen LogP contribution in [0.1, 0.15) is 259 Å². The number of hydrogen-bond acceptors (Lipinski definition) is 32. The van der Waals surface area contributed by atoms with E-state index in [4.69, 9.17) is 56.8 Å². The molecule has 680 valence electrons. The Labute approximate surface area is 685 Å². The van der Waals surface area contributed by atoms with Crippen LogP contribution in [0.25, 0.3) is 0 Å². The molecule has 6 rings (SSSR count). The van der Waals surface area contributed by atoms with E-state index in [2.05, 4.69) is 24.5 Å². The molecule has 20 N–H and O–H groups in total. The average molecular weight is 1680 g/mol. The van der Waals surface area contributed by atoms with Crippen LogP contribution in [0.3, 0.4) is 0 Å². The summed E-state index contributed by atoms with van der Waals surface area (Å²) in [6.07, 6.45) is -12.1. The van der Waals surface area contributed by atoms with Crippen LogP contribution >= 0.6 is 0 Å². The summed E-state index contributed by atoms with van der Waals surface area (Å²) in [7, 11) is 0. The Kier molecular flexibility index (Phi) is 49.7. The molecule has 6 aliphatic heterocycles. The van der Waals surface area contributed by atoms with Crippen LogP contribution in [0.5, 0.6) is 0 Å². The van der Waals surface area contributed by atoms with Gasteiger partial charge in [-0.1, -0.05) is 231 Å². The molecule has 34 nitrogen and oxygen atoms in total. The van der Waals surface area contributed by atoms with Crippen molar-refractivity contribution < 1.29 is 158 Å². The second kappa shape index (κ2) is 56.4. The van der Waals surface area contributed by atoms with Crippen molar-refractivity contribution in [3.8, 4) is 0 Å². The van der Waals surface area contributed by atoms with Crippen molar-refractivity contribution in [2.24, 2.45) is 0 Å². The van der Waals surface area contributed by atoms with Crippen LogP contribution in [0.2, 0.25) is 0 Å².